The van der Waals surface area contributed by atoms with Gasteiger partial charge in [0.2, 0.25) is 0 Å². The number of carbonyl (C=O) groups is 2. The van der Waals surface area contributed by atoms with Crippen LogP contribution in [0.1, 0.15) is 21.0 Å². The number of nitrogens with zero attached hydrogens (tertiary/aromatic N) is 1. The average molecular weight is 251 g/mol. The molecular weight excluding hydrogens is 238 g/mol. The summed E-state index contributed by atoms with van der Waals surface area (Å²) in [6.07, 6.45) is -0.244. The maximum absolute atomic E-state index is 11.7. The van der Waals surface area contributed by atoms with Crippen LogP contribution in [0.5, 0.6) is 0 Å². The van der Waals surface area contributed by atoms with Crippen LogP contribution in [0.4, 0.5) is 0 Å². The highest BCUT2D eigenvalue weighted by atomic mass is 16.6. The van der Waals surface area contributed by atoms with Gasteiger partial charge >= 0.3 is 0 Å². The molecule has 0 aromatic carbocycles. The Labute approximate surface area is 103 Å². The Balaban J connectivity index is 2.03. The molecule has 2 amide bonds. The molecule has 0 saturated carbocycles. The molecule has 1 aliphatic heterocycles. The lowest BCUT2D eigenvalue weighted by Gasteiger charge is -2.05. The Bertz CT molecular complexity index is 459. The normalized spacial score (nSPS) is 17.1. The highest BCUT2D eigenvalue weighted by Gasteiger charge is 2.25. The van der Waals surface area contributed by atoms with E-state index in [9.17, 15) is 9.59 Å². The van der Waals surface area contributed by atoms with E-state index in [0.29, 0.717) is 6.61 Å². The zero-order chi connectivity index (χ0) is 13.0. The van der Waals surface area contributed by atoms with Crippen molar-refractivity contribution in [1.29, 1.82) is 0 Å². The van der Waals surface area contributed by atoms with Crippen LogP contribution in [0.3, 0.4) is 0 Å². The second-order valence-electron chi connectivity index (χ2n) is 3.68. The number of rotatable bonds is 5. The number of hydrogen-bond acceptors (Lipinski definition) is 5. The van der Waals surface area contributed by atoms with E-state index in [-0.39, 0.29) is 36.7 Å². The van der Waals surface area contributed by atoms with Crippen molar-refractivity contribution in [3.05, 3.63) is 29.6 Å². The van der Waals surface area contributed by atoms with E-state index in [1.165, 1.54) is 12.1 Å². The van der Waals surface area contributed by atoms with Gasteiger partial charge in [0.05, 0.1) is 13.2 Å². The molecule has 2 heterocycles. The van der Waals surface area contributed by atoms with E-state index < -0.39 is 5.91 Å². The van der Waals surface area contributed by atoms with Crippen LogP contribution in [0.25, 0.3) is 0 Å². The Morgan fingerprint density at radius 2 is 2.06 bits per heavy atom. The minimum atomic E-state index is -0.429. The van der Waals surface area contributed by atoms with Gasteiger partial charge in [-0.05, 0) is 12.1 Å². The first-order valence-corrected chi connectivity index (χ1v) is 5.49. The van der Waals surface area contributed by atoms with Gasteiger partial charge in [-0.25, -0.2) is 4.98 Å². The number of carbonyl (C=O) groups excluding carboxylic acids is 2. The van der Waals surface area contributed by atoms with Crippen molar-refractivity contribution < 1.29 is 19.4 Å². The Morgan fingerprint density at radius 3 is 2.67 bits per heavy atom. The summed E-state index contributed by atoms with van der Waals surface area (Å²) in [6.45, 7) is 0.500. The predicted octanol–water partition coefficient (Wildman–Crippen LogP) is -1.11. The third kappa shape index (κ3) is 3.25. The fourth-order valence-electron chi connectivity index (χ4n) is 1.30. The lowest BCUT2D eigenvalue weighted by Crippen LogP contribution is -2.30. The zero-order valence-electron chi connectivity index (χ0n) is 9.55. The molecule has 1 saturated heterocycles. The Morgan fingerprint density at radius 1 is 1.39 bits per heavy atom. The first-order chi connectivity index (χ1) is 8.70. The zero-order valence-corrected chi connectivity index (χ0v) is 9.55. The number of aromatic nitrogens is 1. The first-order valence-electron chi connectivity index (χ1n) is 5.49. The van der Waals surface area contributed by atoms with Gasteiger partial charge in [-0.15, -0.1) is 0 Å². The standard InChI is InChI=1S/C11H13N3O4/c15-5-4-12-10(16)7-2-1-3-8(13-7)11(17)14-9-6-18-9/h1-3,9,15H,4-6H2,(H,12,16)(H,14,17). The lowest BCUT2D eigenvalue weighted by molar-refractivity contribution is 0.0928. The van der Waals surface area contributed by atoms with Gasteiger partial charge in [0, 0.05) is 6.54 Å². The number of aliphatic hydroxyl groups is 1. The van der Waals surface area contributed by atoms with E-state index in [2.05, 4.69) is 15.6 Å². The third-order valence-electron chi connectivity index (χ3n) is 2.24. The van der Waals surface area contributed by atoms with Crippen LogP contribution in [-0.4, -0.2) is 47.9 Å². The molecular formula is C11H13N3O4. The molecule has 1 aromatic heterocycles. The van der Waals surface area contributed by atoms with Crippen LogP contribution in [-0.2, 0) is 4.74 Å². The molecule has 0 aliphatic carbocycles. The molecule has 0 bridgehead atoms. The summed E-state index contributed by atoms with van der Waals surface area (Å²) in [7, 11) is 0. The highest BCUT2D eigenvalue weighted by molar-refractivity contribution is 5.96. The van der Waals surface area contributed by atoms with Crippen LogP contribution < -0.4 is 10.6 Å². The molecule has 3 N–H and O–H groups in total. The fraction of sp³-hybridized carbons (Fsp3) is 0.364. The lowest BCUT2D eigenvalue weighted by atomic mass is 10.2. The summed E-state index contributed by atoms with van der Waals surface area (Å²) in [5.41, 5.74) is 0.287. The largest absolute Gasteiger partial charge is 0.395 e. The minimum Gasteiger partial charge on any atom is -0.395 e. The van der Waals surface area contributed by atoms with Gasteiger partial charge in [-0.2, -0.15) is 0 Å². The molecule has 1 fully saturated rings. The van der Waals surface area contributed by atoms with Crippen molar-refractivity contribution in [1.82, 2.24) is 15.6 Å². The molecule has 1 atom stereocenters. The van der Waals surface area contributed by atoms with Crippen LogP contribution in [0, 0.1) is 0 Å². The van der Waals surface area contributed by atoms with Gasteiger partial charge in [0.1, 0.15) is 11.4 Å². The molecule has 1 unspecified atom stereocenters. The van der Waals surface area contributed by atoms with Crippen molar-refractivity contribution in [2.24, 2.45) is 0 Å². The smallest absolute Gasteiger partial charge is 0.271 e. The number of aliphatic hydroxyl groups excluding tert-OH is 1. The summed E-state index contributed by atoms with van der Waals surface area (Å²) in [6, 6.07) is 4.58. The summed E-state index contributed by atoms with van der Waals surface area (Å²) >= 11 is 0. The number of amides is 2. The number of ether oxygens (including phenoxy) is 1. The van der Waals surface area contributed by atoms with Gasteiger partial charge in [0.25, 0.3) is 11.8 Å². The predicted molar refractivity (Wildman–Crippen MR) is 60.9 cm³/mol. The molecule has 2 rings (SSSR count). The van der Waals surface area contributed by atoms with E-state index >= 15 is 0 Å². The molecule has 7 heteroatoms. The molecule has 1 aliphatic rings. The molecule has 7 nitrogen and oxygen atoms in total. The number of pyridine rings is 1. The van der Waals surface area contributed by atoms with Gasteiger partial charge in [-0.1, -0.05) is 6.07 Å². The topological polar surface area (TPSA) is 104 Å². The molecule has 96 valence electrons. The maximum Gasteiger partial charge on any atom is 0.271 e. The van der Waals surface area contributed by atoms with Crippen molar-refractivity contribution in [2.45, 2.75) is 6.23 Å². The highest BCUT2D eigenvalue weighted by Crippen LogP contribution is 2.06. The van der Waals surface area contributed by atoms with Crippen LogP contribution >= 0.6 is 0 Å². The average Bonchev–Trinajstić information content (AvgIpc) is 3.20. The van der Waals surface area contributed by atoms with E-state index in [1.54, 1.807) is 6.07 Å². The molecule has 0 radical (unpaired) electrons. The summed E-state index contributed by atoms with van der Waals surface area (Å²) in [4.78, 5) is 27.2. The van der Waals surface area contributed by atoms with Gasteiger partial charge in [-0.3, -0.25) is 9.59 Å². The number of hydrogen-bond donors (Lipinski definition) is 3. The summed E-state index contributed by atoms with van der Waals surface area (Å²) in [5.74, 6) is -0.810. The molecule has 0 spiro atoms. The van der Waals surface area contributed by atoms with Crippen molar-refractivity contribution >= 4 is 11.8 Å². The summed E-state index contributed by atoms with van der Waals surface area (Å²) in [5, 5.41) is 13.6. The second-order valence-corrected chi connectivity index (χ2v) is 3.68. The summed E-state index contributed by atoms with van der Waals surface area (Å²) < 4.78 is 4.86. The van der Waals surface area contributed by atoms with E-state index in [0.717, 1.165) is 0 Å². The first kappa shape index (κ1) is 12.5. The SMILES string of the molecule is O=C(NCCO)c1cccc(C(=O)NC2CO2)n1. The number of nitrogens with one attached hydrogen (secondary N) is 2. The van der Waals surface area contributed by atoms with Crippen molar-refractivity contribution in [3.8, 4) is 0 Å². The molecule has 18 heavy (non-hydrogen) atoms. The molecule has 1 aromatic rings. The van der Waals surface area contributed by atoms with Crippen molar-refractivity contribution in [3.63, 3.8) is 0 Å². The fourth-order valence-corrected chi connectivity index (χ4v) is 1.30. The minimum absolute atomic E-state index is 0.132. The quantitative estimate of drug-likeness (QED) is 0.576. The van der Waals surface area contributed by atoms with Gasteiger partial charge < -0.3 is 20.5 Å². The Hall–Kier alpha value is -1.99. The number of epoxide rings is 1. The Kier molecular flexibility index (Phi) is 3.85. The van der Waals surface area contributed by atoms with E-state index in [1.807, 2.05) is 0 Å². The van der Waals surface area contributed by atoms with E-state index in [4.69, 9.17) is 9.84 Å². The van der Waals surface area contributed by atoms with Crippen molar-refractivity contribution in [2.75, 3.05) is 19.8 Å². The maximum atomic E-state index is 11.7. The van der Waals surface area contributed by atoms with Gasteiger partial charge in [0.15, 0.2) is 6.23 Å². The van der Waals surface area contributed by atoms with Crippen LogP contribution in [0.2, 0.25) is 0 Å². The monoisotopic (exact) mass is 251 g/mol. The third-order valence-corrected chi connectivity index (χ3v) is 2.24. The van der Waals surface area contributed by atoms with Crippen LogP contribution in [0.15, 0.2) is 18.2 Å². The second kappa shape index (κ2) is 5.56.